The molecule has 0 saturated heterocycles. The number of hydrogen-bond donors (Lipinski definition) is 2. The zero-order valence-corrected chi connectivity index (χ0v) is 15.6. The molecule has 0 aromatic heterocycles. The summed E-state index contributed by atoms with van der Waals surface area (Å²) in [4.78, 5) is 0. The van der Waals surface area contributed by atoms with Crippen LogP contribution in [0.3, 0.4) is 0 Å². The van der Waals surface area contributed by atoms with Gasteiger partial charge in [-0.2, -0.15) is 0 Å². The minimum absolute atomic E-state index is 0.174. The smallest absolute Gasteiger partial charge is 0.0978 e. The molecule has 2 N–H and O–H groups in total. The molecule has 0 aliphatic rings. The van der Waals surface area contributed by atoms with Crippen LogP contribution in [0.1, 0.15) is 86.0 Å². The second-order valence-electron chi connectivity index (χ2n) is 7.69. The lowest BCUT2D eigenvalue weighted by Gasteiger charge is -2.15. The third-order valence-electron chi connectivity index (χ3n) is 4.70. The SMILES string of the molecule is CC(=CCCC(C)CCCC(C)CCCC(C)C)C(O)CO. The molecule has 0 rings (SSSR count). The molecule has 0 radical (unpaired) electrons. The lowest BCUT2D eigenvalue weighted by atomic mass is 9.92. The molecule has 0 amide bonds. The van der Waals surface area contributed by atoms with Crippen LogP contribution < -0.4 is 0 Å². The van der Waals surface area contributed by atoms with Crippen molar-refractivity contribution < 1.29 is 10.2 Å². The summed E-state index contributed by atoms with van der Waals surface area (Å²) in [6.07, 6.45) is 11.7. The summed E-state index contributed by atoms with van der Waals surface area (Å²) in [5, 5.41) is 18.4. The molecular formula is C20H40O2. The maximum absolute atomic E-state index is 9.48. The van der Waals surface area contributed by atoms with Gasteiger partial charge in [0.05, 0.1) is 12.7 Å². The predicted octanol–water partition coefficient (Wildman–Crippen LogP) is 5.33. The topological polar surface area (TPSA) is 40.5 Å². The summed E-state index contributed by atoms with van der Waals surface area (Å²) in [5.41, 5.74) is 0.897. The van der Waals surface area contributed by atoms with E-state index in [1.807, 2.05) is 6.92 Å². The predicted molar refractivity (Wildman–Crippen MR) is 97.0 cm³/mol. The highest BCUT2D eigenvalue weighted by atomic mass is 16.3. The average Bonchev–Trinajstić information content (AvgIpc) is 2.45. The van der Waals surface area contributed by atoms with Gasteiger partial charge in [0.1, 0.15) is 0 Å². The molecule has 0 saturated carbocycles. The van der Waals surface area contributed by atoms with E-state index in [1.165, 1.54) is 44.9 Å². The molecule has 3 unspecified atom stereocenters. The first kappa shape index (κ1) is 21.7. The fourth-order valence-electron chi connectivity index (χ4n) is 2.85. The first-order valence-electron chi connectivity index (χ1n) is 9.32. The Morgan fingerprint density at radius 1 is 0.864 bits per heavy atom. The Morgan fingerprint density at radius 3 is 1.86 bits per heavy atom. The van der Waals surface area contributed by atoms with Gasteiger partial charge in [-0.1, -0.05) is 72.3 Å². The molecule has 0 bridgehead atoms. The minimum Gasteiger partial charge on any atom is -0.393 e. The van der Waals surface area contributed by atoms with Crippen molar-refractivity contribution in [2.45, 2.75) is 92.1 Å². The van der Waals surface area contributed by atoms with Crippen molar-refractivity contribution in [2.75, 3.05) is 6.61 Å². The largest absolute Gasteiger partial charge is 0.393 e. The Labute approximate surface area is 139 Å². The zero-order valence-electron chi connectivity index (χ0n) is 15.6. The molecule has 0 aliphatic carbocycles. The summed E-state index contributed by atoms with van der Waals surface area (Å²) in [5.74, 6) is 2.46. The molecule has 0 heterocycles. The van der Waals surface area contributed by atoms with Gasteiger partial charge in [0.25, 0.3) is 0 Å². The van der Waals surface area contributed by atoms with Crippen molar-refractivity contribution in [1.29, 1.82) is 0 Å². The maximum Gasteiger partial charge on any atom is 0.0978 e. The van der Waals surface area contributed by atoms with Crippen LogP contribution in [0.5, 0.6) is 0 Å². The Morgan fingerprint density at radius 2 is 1.36 bits per heavy atom. The van der Waals surface area contributed by atoms with Crippen molar-refractivity contribution in [3.8, 4) is 0 Å². The fourth-order valence-corrected chi connectivity index (χ4v) is 2.85. The highest BCUT2D eigenvalue weighted by Gasteiger charge is 2.07. The fraction of sp³-hybridized carbons (Fsp3) is 0.900. The van der Waals surface area contributed by atoms with E-state index in [1.54, 1.807) is 0 Å². The molecule has 0 aromatic carbocycles. The Balaban J connectivity index is 3.66. The quantitative estimate of drug-likeness (QED) is 0.451. The standard InChI is InChI=1S/C20H40O2/c1-16(2)9-6-10-17(3)11-7-12-18(4)13-8-14-19(5)20(22)15-21/h14,16-18,20-22H,6-13,15H2,1-5H3. The van der Waals surface area contributed by atoms with E-state index in [-0.39, 0.29) is 6.61 Å². The molecule has 3 atom stereocenters. The van der Waals surface area contributed by atoms with E-state index in [0.717, 1.165) is 29.7 Å². The maximum atomic E-state index is 9.48. The number of allylic oxidation sites excluding steroid dienone is 1. The molecule has 0 aliphatic heterocycles. The average molecular weight is 313 g/mol. The lowest BCUT2D eigenvalue weighted by Crippen LogP contribution is -2.13. The van der Waals surface area contributed by atoms with Crippen LogP contribution in [0.15, 0.2) is 11.6 Å². The highest BCUT2D eigenvalue weighted by Crippen LogP contribution is 2.21. The van der Waals surface area contributed by atoms with Crippen LogP contribution in [0, 0.1) is 17.8 Å². The van der Waals surface area contributed by atoms with E-state index in [4.69, 9.17) is 5.11 Å². The van der Waals surface area contributed by atoms with Gasteiger partial charge < -0.3 is 10.2 Å². The van der Waals surface area contributed by atoms with Crippen LogP contribution in [0.4, 0.5) is 0 Å². The summed E-state index contributed by atoms with van der Waals surface area (Å²) < 4.78 is 0. The van der Waals surface area contributed by atoms with E-state index in [0.29, 0.717) is 0 Å². The molecule has 132 valence electrons. The monoisotopic (exact) mass is 312 g/mol. The first-order chi connectivity index (χ1) is 10.4. The van der Waals surface area contributed by atoms with Gasteiger partial charge in [-0.3, -0.25) is 0 Å². The van der Waals surface area contributed by atoms with Crippen LogP contribution in [-0.4, -0.2) is 22.9 Å². The summed E-state index contributed by atoms with van der Waals surface area (Å²) in [7, 11) is 0. The first-order valence-corrected chi connectivity index (χ1v) is 9.32. The van der Waals surface area contributed by atoms with E-state index < -0.39 is 6.10 Å². The molecule has 2 nitrogen and oxygen atoms in total. The van der Waals surface area contributed by atoms with Crippen LogP contribution in [0.2, 0.25) is 0 Å². The van der Waals surface area contributed by atoms with Gasteiger partial charge >= 0.3 is 0 Å². The highest BCUT2D eigenvalue weighted by molar-refractivity contribution is 5.04. The summed E-state index contributed by atoms with van der Waals surface area (Å²) in [6, 6.07) is 0. The summed E-state index contributed by atoms with van der Waals surface area (Å²) in [6.45, 7) is 11.1. The van der Waals surface area contributed by atoms with Gasteiger partial charge in [-0.15, -0.1) is 0 Å². The Hall–Kier alpha value is -0.340. The Bertz CT molecular complexity index is 283. The second-order valence-corrected chi connectivity index (χ2v) is 7.69. The van der Waals surface area contributed by atoms with E-state index >= 15 is 0 Å². The number of rotatable bonds is 13. The number of aliphatic hydroxyl groups excluding tert-OH is 2. The summed E-state index contributed by atoms with van der Waals surface area (Å²) >= 11 is 0. The normalized spacial score (nSPS) is 16.8. The third kappa shape index (κ3) is 12.2. The lowest BCUT2D eigenvalue weighted by molar-refractivity contribution is 0.122. The third-order valence-corrected chi connectivity index (χ3v) is 4.70. The van der Waals surface area contributed by atoms with Gasteiger partial charge in [0.15, 0.2) is 0 Å². The van der Waals surface area contributed by atoms with E-state index in [9.17, 15) is 5.11 Å². The van der Waals surface area contributed by atoms with Crippen molar-refractivity contribution >= 4 is 0 Å². The van der Waals surface area contributed by atoms with E-state index in [2.05, 4.69) is 33.8 Å². The molecule has 2 heteroatoms. The molecule has 0 spiro atoms. The molecule has 22 heavy (non-hydrogen) atoms. The van der Waals surface area contributed by atoms with Crippen LogP contribution in [-0.2, 0) is 0 Å². The Kier molecular flexibility index (Phi) is 12.9. The minimum atomic E-state index is -0.679. The van der Waals surface area contributed by atoms with Gasteiger partial charge in [-0.05, 0) is 43.1 Å². The van der Waals surface area contributed by atoms with Gasteiger partial charge in [0, 0.05) is 0 Å². The second kappa shape index (κ2) is 13.1. The van der Waals surface area contributed by atoms with Crippen molar-refractivity contribution in [3.63, 3.8) is 0 Å². The van der Waals surface area contributed by atoms with Crippen molar-refractivity contribution in [1.82, 2.24) is 0 Å². The van der Waals surface area contributed by atoms with Crippen molar-refractivity contribution in [3.05, 3.63) is 11.6 Å². The molecular weight excluding hydrogens is 272 g/mol. The zero-order chi connectivity index (χ0) is 17.0. The van der Waals surface area contributed by atoms with Crippen molar-refractivity contribution in [2.24, 2.45) is 17.8 Å². The number of aliphatic hydroxyl groups is 2. The molecule has 0 fully saturated rings. The van der Waals surface area contributed by atoms with Gasteiger partial charge in [0.2, 0.25) is 0 Å². The molecule has 0 aromatic rings. The van der Waals surface area contributed by atoms with Crippen LogP contribution in [0.25, 0.3) is 0 Å². The number of hydrogen-bond acceptors (Lipinski definition) is 2. The van der Waals surface area contributed by atoms with Crippen LogP contribution >= 0.6 is 0 Å². The van der Waals surface area contributed by atoms with Gasteiger partial charge in [-0.25, -0.2) is 0 Å².